The first kappa shape index (κ1) is 20.9. The number of nitrogens with zero attached hydrogens (tertiary/aromatic N) is 2. The summed E-state index contributed by atoms with van der Waals surface area (Å²) in [6.45, 7) is 4.15. The standard InChI is InChI=1S/C24H25N3O3S/c1-3-19-10-12-20(13-11-19)30-15-16-31(28,29)26-22-9-5-4-8-21(22)23-17-27-14-6-7-18(2)24(27)25-23/h4-14,17,26H,3,15-16H2,1-2H3. The van der Waals surface area contributed by atoms with Crippen molar-refractivity contribution in [1.29, 1.82) is 0 Å². The van der Waals surface area contributed by atoms with E-state index in [0.717, 1.165) is 23.2 Å². The van der Waals surface area contributed by atoms with Gasteiger partial charge in [0.15, 0.2) is 0 Å². The molecule has 0 unspecified atom stereocenters. The maximum Gasteiger partial charge on any atom is 0.236 e. The first-order chi connectivity index (χ1) is 14.9. The molecule has 0 aliphatic carbocycles. The number of fused-ring (bicyclic) bond motifs is 1. The fourth-order valence-corrected chi connectivity index (χ4v) is 4.31. The summed E-state index contributed by atoms with van der Waals surface area (Å²) in [6.07, 6.45) is 4.78. The largest absolute Gasteiger partial charge is 0.492 e. The van der Waals surface area contributed by atoms with Crippen LogP contribution in [0, 0.1) is 6.92 Å². The van der Waals surface area contributed by atoms with Gasteiger partial charge in [0.05, 0.1) is 11.4 Å². The molecule has 4 aromatic rings. The lowest BCUT2D eigenvalue weighted by atomic mass is 10.1. The Balaban J connectivity index is 1.48. The molecular weight excluding hydrogens is 410 g/mol. The van der Waals surface area contributed by atoms with Crippen LogP contribution in [0.1, 0.15) is 18.1 Å². The van der Waals surface area contributed by atoms with Crippen molar-refractivity contribution in [2.24, 2.45) is 0 Å². The van der Waals surface area contributed by atoms with E-state index in [0.29, 0.717) is 17.1 Å². The average molecular weight is 436 g/mol. The number of hydrogen-bond acceptors (Lipinski definition) is 4. The van der Waals surface area contributed by atoms with Gasteiger partial charge < -0.3 is 9.14 Å². The predicted molar refractivity (Wildman–Crippen MR) is 124 cm³/mol. The third kappa shape index (κ3) is 4.88. The van der Waals surface area contributed by atoms with Gasteiger partial charge in [-0.3, -0.25) is 4.72 Å². The zero-order valence-corrected chi connectivity index (χ0v) is 18.4. The van der Waals surface area contributed by atoms with Gasteiger partial charge in [-0.15, -0.1) is 0 Å². The third-order valence-electron chi connectivity index (χ3n) is 5.10. The summed E-state index contributed by atoms with van der Waals surface area (Å²) in [5.41, 5.74) is 5.04. The highest BCUT2D eigenvalue weighted by molar-refractivity contribution is 7.92. The van der Waals surface area contributed by atoms with E-state index in [1.54, 1.807) is 12.1 Å². The molecule has 0 bridgehead atoms. The highest BCUT2D eigenvalue weighted by Gasteiger charge is 2.16. The number of hydrogen-bond donors (Lipinski definition) is 1. The molecule has 0 spiro atoms. The number of ether oxygens (including phenoxy) is 1. The molecule has 0 aliphatic heterocycles. The maximum atomic E-state index is 12.7. The Labute approximate surface area is 182 Å². The van der Waals surface area contributed by atoms with Gasteiger partial charge >= 0.3 is 0 Å². The molecule has 0 amide bonds. The molecule has 0 fully saturated rings. The minimum Gasteiger partial charge on any atom is -0.492 e. The zero-order valence-electron chi connectivity index (χ0n) is 17.6. The van der Waals surface area contributed by atoms with E-state index in [4.69, 9.17) is 9.72 Å². The summed E-state index contributed by atoms with van der Waals surface area (Å²) < 4.78 is 35.6. The molecule has 0 radical (unpaired) electrons. The van der Waals surface area contributed by atoms with Gasteiger partial charge in [0.1, 0.15) is 23.8 Å². The van der Waals surface area contributed by atoms with Gasteiger partial charge in [-0.25, -0.2) is 13.4 Å². The Hall–Kier alpha value is -3.32. The van der Waals surface area contributed by atoms with Crippen LogP contribution < -0.4 is 9.46 Å². The van der Waals surface area contributed by atoms with Crippen LogP contribution in [0.2, 0.25) is 0 Å². The van der Waals surface area contributed by atoms with Crippen LogP contribution in [0.25, 0.3) is 16.9 Å². The molecule has 0 atom stereocenters. The van der Waals surface area contributed by atoms with Gasteiger partial charge in [-0.1, -0.05) is 43.3 Å². The Morgan fingerprint density at radius 2 is 1.81 bits per heavy atom. The number of benzene rings is 2. The van der Waals surface area contributed by atoms with E-state index < -0.39 is 10.0 Å². The second-order valence-corrected chi connectivity index (χ2v) is 9.20. The number of para-hydroxylation sites is 1. The molecule has 1 N–H and O–H groups in total. The fourth-order valence-electron chi connectivity index (χ4n) is 3.39. The van der Waals surface area contributed by atoms with Crippen molar-refractivity contribution in [1.82, 2.24) is 9.38 Å². The molecule has 7 heteroatoms. The SMILES string of the molecule is CCc1ccc(OCCS(=O)(=O)Nc2ccccc2-c2cn3cccc(C)c3n2)cc1. The summed E-state index contributed by atoms with van der Waals surface area (Å²) in [7, 11) is -3.60. The quantitative estimate of drug-likeness (QED) is 0.436. The average Bonchev–Trinajstić information content (AvgIpc) is 3.20. The van der Waals surface area contributed by atoms with Crippen LogP contribution in [-0.2, 0) is 16.4 Å². The molecule has 6 nitrogen and oxygen atoms in total. The van der Waals surface area contributed by atoms with Crippen LogP contribution in [0.4, 0.5) is 5.69 Å². The van der Waals surface area contributed by atoms with Gasteiger partial charge in [0.25, 0.3) is 0 Å². The number of pyridine rings is 1. The van der Waals surface area contributed by atoms with Gasteiger partial charge in [-0.2, -0.15) is 0 Å². The second-order valence-electron chi connectivity index (χ2n) is 7.36. The smallest absolute Gasteiger partial charge is 0.236 e. The number of anilines is 1. The number of imidazole rings is 1. The topological polar surface area (TPSA) is 72.7 Å². The lowest BCUT2D eigenvalue weighted by Crippen LogP contribution is -2.21. The molecule has 0 saturated carbocycles. The fraction of sp³-hybridized carbons (Fsp3) is 0.208. The Morgan fingerprint density at radius 3 is 2.55 bits per heavy atom. The molecule has 2 aromatic carbocycles. The highest BCUT2D eigenvalue weighted by Crippen LogP contribution is 2.28. The van der Waals surface area contributed by atoms with Crippen molar-refractivity contribution in [2.45, 2.75) is 20.3 Å². The number of aryl methyl sites for hydroxylation is 2. The molecule has 2 heterocycles. The van der Waals surface area contributed by atoms with Gasteiger partial charge in [0, 0.05) is 18.0 Å². The molecule has 4 rings (SSSR count). The number of nitrogens with one attached hydrogen (secondary N) is 1. The summed E-state index contributed by atoms with van der Waals surface area (Å²) in [6, 6.07) is 18.9. The molecule has 0 saturated heterocycles. The number of aromatic nitrogens is 2. The Kier molecular flexibility index (Phi) is 5.95. The van der Waals surface area contributed by atoms with E-state index in [1.807, 2.05) is 72.2 Å². The van der Waals surface area contributed by atoms with Crippen LogP contribution in [0.15, 0.2) is 73.1 Å². The van der Waals surface area contributed by atoms with Gasteiger partial charge in [-0.05, 0) is 48.7 Å². The normalized spacial score (nSPS) is 11.5. The van der Waals surface area contributed by atoms with Crippen molar-refractivity contribution in [3.8, 4) is 17.0 Å². The van der Waals surface area contributed by atoms with E-state index in [1.165, 1.54) is 5.56 Å². The van der Waals surface area contributed by atoms with Crippen LogP contribution in [0.3, 0.4) is 0 Å². The highest BCUT2D eigenvalue weighted by atomic mass is 32.2. The van der Waals surface area contributed by atoms with Crippen molar-refractivity contribution in [3.63, 3.8) is 0 Å². The molecule has 0 aliphatic rings. The summed E-state index contributed by atoms with van der Waals surface area (Å²) in [5.74, 6) is 0.508. The molecule has 2 aromatic heterocycles. The second kappa shape index (κ2) is 8.81. The maximum absolute atomic E-state index is 12.7. The summed E-state index contributed by atoms with van der Waals surface area (Å²) >= 11 is 0. The summed E-state index contributed by atoms with van der Waals surface area (Å²) in [5, 5.41) is 0. The molecule has 160 valence electrons. The third-order valence-corrected chi connectivity index (χ3v) is 6.33. The van der Waals surface area contributed by atoms with Crippen LogP contribution >= 0.6 is 0 Å². The van der Waals surface area contributed by atoms with Crippen molar-refractivity contribution < 1.29 is 13.2 Å². The van der Waals surface area contributed by atoms with Crippen molar-refractivity contribution >= 4 is 21.4 Å². The first-order valence-electron chi connectivity index (χ1n) is 10.2. The number of rotatable bonds is 8. The van der Waals surface area contributed by atoms with Crippen molar-refractivity contribution in [2.75, 3.05) is 17.1 Å². The van der Waals surface area contributed by atoms with E-state index >= 15 is 0 Å². The Morgan fingerprint density at radius 1 is 1.03 bits per heavy atom. The monoisotopic (exact) mass is 435 g/mol. The van der Waals surface area contributed by atoms with Gasteiger partial charge in [0.2, 0.25) is 10.0 Å². The van der Waals surface area contributed by atoms with Crippen LogP contribution in [0.5, 0.6) is 5.75 Å². The van der Waals surface area contributed by atoms with Crippen molar-refractivity contribution in [3.05, 3.63) is 84.2 Å². The minimum atomic E-state index is -3.60. The van der Waals surface area contributed by atoms with E-state index in [9.17, 15) is 8.42 Å². The van der Waals surface area contributed by atoms with E-state index in [-0.39, 0.29) is 12.4 Å². The molecule has 31 heavy (non-hydrogen) atoms. The summed E-state index contributed by atoms with van der Waals surface area (Å²) in [4.78, 5) is 4.69. The number of sulfonamides is 1. The first-order valence-corrected chi connectivity index (χ1v) is 11.9. The lowest BCUT2D eigenvalue weighted by molar-refractivity contribution is 0.341. The lowest BCUT2D eigenvalue weighted by Gasteiger charge is -2.12. The van der Waals surface area contributed by atoms with E-state index in [2.05, 4.69) is 11.6 Å². The molecular formula is C24H25N3O3S. The predicted octanol–water partition coefficient (Wildman–Crippen LogP) is 4.69. The zero-order chi connectivity index (χ0) is 21.8. The minimum absolute atomic E-state index is 0.0660. The van der Waals surface area contributed by atoms with Crippen LogP contribution in [-0.4, -0.2) is 30.2 Å². The Bertz CT molecular complexity index is 1300.